The molecule has 2 N–H and O–H groups in total. The summed E-state index contributed by atoms with van der Waals surface area (Å²) in [5, 5.41) is 6.56. The first kappa shape index (κ1) is 16.6. The molecular formula is C21H24N2. The van der Waals surface area contributed by atoms with Crippen molar-refractivity contribution in [2.75, 3.05) is 23.7 Å². The molecule has 118 valence electrons. The lowest BCUT2D eigenvalue weighted by Gasteiger charge is -2.07. The second-order valence-electron chi connectivity index (χ2n) is 5.37. The molecule has 0 atom stereocenters. The highest BCUT2D eigenvalue weighted by atomic mass is 14.9. The Labute approximate surface area is 139 Å². The van der Waals surface area contributed by atoms with Gasteiger partial charge in [-0.3, -0.25) is 0 Å². The summed E-state index contributed by atoms with van der Waals surface area (Å²) in [7, 11) is 0. The molecule has 0 unspecified atom stereocenters. The van der Waals surface area contributed by atoms with Crippen molar-refractivity contribution in [3.05, 3.63) is 85.0 Å². The highest BCUT2D eigenvalue weighted by molar-refractivity contribution is 5.81. The number of hydrogen-bond acceptors (Lipinski definition) is 2. The molecule has 23 heavy (non-hydrogen) atoms. The molecule has 0 aliphatic rings. The van der Waals surface area contributed by atoms with Crippen LogP contribution in [-0.4, -0.2) is 13.1 Å². The molecule has 0 spiro atoms. The van der Waals surface area contributed by atoms with Gasteiger partial charge in [0.2, 0.25) is 0 Å². The lowest BCUT2D eigenvalue weighted by Crippen LogP contribution is -1.97. The summed E-state index contributed by atoms with van der Waals surface area (Å²) in [4.78, 5) is 0. The Kier molecular flexibility index (Phi) is 6.25. The minimum Gasteiger partial charge on any atom is -0.382 e. The fraction of sp³-hybridized carbons (Fsp3) is 0.143. The van der Waals surface area contributed by atoms with Crippen LogP contribution in [0.4, 0.5) is 11.4 Å². The minimum atomic E-state index is 0.778. The van der Waals surface area contributed by atoms with Gasteiger partial charge >= 0.3 is 0 Å². The van der Waals surface area contributed by atoms with Crippen LogP contribution in [0, 0.1) is 0 Å². The van der Waals surface area contributed by atoms with E-state index in [0.29, 0.717) is 0 Å². The van der Waals surface area contributed by atoms with E-state index in [-0.39, 0.29) is 0 Å². The van der Waals surface area contributed by atoms with Crippen molar-refractivity contribution < 1.29 is 0 Å². The Balaban J connectivity index is 2.06. The van der Waals surface area contributed by atoms with E-state index in [1.54, 1.807) is 0 Å². The van der Waals surface area contributed by atoms with Gasteiger partial charge in [0.15, 0.2) is 0 Å². The molecule has 0 bridgehead atoms. The maximum absolute atomic E-state index is 3.71. The van der Waals surface area contributed by atoms with Crippen LogP contribution in [0.5, 0.6) is 0 Å². The van der Waals surface area contributed by atoms with E-state index in [2.05, 4.69) is 85.3 Å². The third-order valence-corrected chi connectivity index (χ3v) is 3.54. The number of allylic oxidation sites excluding steroid dienone is 1. The first-order valence-electron chi connectivity index (χ1n) is 7.81. The summed E-state index contributed by atoms with van der Waals surface area (Å²) in [5.41, 5.74) is 5.88. The van der Waals surface area contributed by atoms with Crippen molar-refractivity contribution in [2.24, 2.45) is 0 Å². The molecule has 0 aliphatic heterocycles. The number of anilines is 2. The summed E-state index contributed by atoms with van der Waals surface area (Å²) in [5.74, 6) is 0. The SMILES string of the molecule is C=CCNc1ccc(C=C(C)c2ccc(NCC=C)cc2)cc1. The van der Waals surface area contributed by atoms with Crippen molar-refractivity contribution >= 4 is 23.0 Å². The molecule has 2 aromatic rings. The Morgan fingerprint density at radius 1 is 0.826 bits per heavy atom. The Bertz CT molecular complexity index is 664. The van der Waals surface area contributed by atoms with Crippen molar-refractivity contribution in [3.63, 3.8) is 0 Å². The molecule has 0 aliphatic carbocycles. The normalized spacial score (nSPS) is 10.9. The third-order valence-electron chi connectivity index (χ3n) is 3.54. The van der Waals surface area contributed by atoms with Gasteiger partial charge in [-0.1, -0.05) is 42.5 Å². The average Bonchev–Trinajstić information content (AvgIpc) is 2.59. The van der Waals surface area contributed by atoms with E-state index >= 15 is 0 Å². The van der Waals surface area contributed by atoms with Crippen molar-refractivity contribution in [2.45, 2.75) is 6.92 Å². The molecule has 0 fully saturated rings. The second-order valence-corrected chi connectivity index (χ2v) is 5.37. The number of benzene rings is 2. The lowest BCUT2D eigenvalue weighted by molar-refractivity contribution is 1.34. The van der Waals surface area contributed by atoms with E-state index in [1.165, 1.54) is 16.7 Å². The fourth-order valence-corrected chi connectivity index (χ4v) is 2.26. The standard InChI is InChI=1S/C21H24N2/c1-4-14-22-20-10-6-18(7-11-20)16-17(3)19-8-12-21(13-9-19)23-15-5-2/h4-13,16,22-23H,1-2,14-15H2,3H3. The molecule has 0 aromatic heterocycles. The first-order chi connectivity index (χ1) is 11.2. The van der Waals surface area contributed by atoms with Crippen LogP contribution in [-0.2, 0) is 0 Å². The van der Waals surface area contributed by atoms with E-state index < -0.39 is 0 Å². The van der Waals surface area contributed by atoms with Crippen LogP contribution in [0.15, 0.2) is 73.8 Å². The minimum absolute atomic E-state index is 0.778. The second kappa shape index (κ2) is 8.64. The van der Waals surface area contributed by atoms with Gasteiger partial charge in [0.05, 0.1) is 0 Å². The predicted molar refractivity (Wildman–Crippen MR) is 104 cm³/mol. The summed E-state index contributed by atoms with van der Waals surface area (Å²) >= 11 is 0. The van der Waals surface area contributed by atoms with Gasteiger partial charge in [0.25, 0.3) is 0 Å². The Hall–Kier alpha value is -2.74. The smallest absolute Gasteiger partial charge is 0.0343 e. The van der Waals surface area contributed by atoms with Gasteiger partial charge in [-0.25, -0.2) is 0 Å². The molecule has 0 amide bonds. The van der Waals surface area contributed by atoms with E-state index in [9.17, 15) is 0 Å². The van der Waals surface area contributed by atoms with Gasteiger partial charge < -0.3 is 10.6 Å². The molecule has 0 radical (unpaired) electrons. The zero-order valence-corrected chi connectivity index (χ0v) is 13.7. The monoisotopic (exact) mass is 304 g/mol. The highest BCUT2D eigenvalue weighted by Crippen LogP contribution is 2.20. The van der Waals surface area contributed by atoms with E-state index in [4.69, 9.17) is 0 Å². The Morgan fingerprint density at radius 2 is 1.30 bits per heavy atom. The van der Waals surface area contributed by atoms with Crippen LogP contribution in [0.1, 0.15) is 18.1 Å². The maximum Gasteiger partial charge on any atom is 0.0343 e. The quantitative estimate of drug-likeness (QED) is 0.501. The van der Waals surface area contributed by atoms with Crippen molar-refractivity contribution in [1.82, 2.24) is 0 Å². The topological polar surface area (TPSA) is 24.1 Å². The van der Waals surface area contributed by atoms with Gasteiger partial charge in [-0.15, -0.1) is 13.2 Å². The lowest BCUT2D eigenvalue weighted by atomic mass is 10.0. The van der Waals surface area contributed by atoms with E-state index in [1.807, 2.05) is 12.2 Å². The molecule has 0 saturated carbocycles. The molecule has 2 nitrogen and oxygen atoms in total. The van der Waals surface area contributed by atoms with Gasteiger partial charge in [0.1, 0.15) is 0 Å². The van der Waals surface area contributed by atoms with Crippen LogP contribution in [0.25, 0.3) is 11.6 Å². The van der Waals surface area contributed by atoms with Crippen LogP contribution >= 0.6 is 0 Å². The number of rotatable bonds is 8. The molecule has 0 heterocycles. The average molecular weight is 304 g/mol. The zero-order valence-electron chi connectivity index (χ0n) is 13.7. The molecule has 2 aromatic carbocycles. The molecule has 2 heteroatoms. The summed E-state index contributed by atoms with van der Waals surface area (Å²) in [6.45, 7) is 11.1. The number of hydrogen-bond donors (Lipinski definition) is 2. The summed E-state index contributed by atoms with van der Waals surface area (Å²) in [6, 6.07) is 16.9. The predicted octanol–water partition coefficient (Wildman–Crippen LogP) is 5.44. The van der Waals surface area contributed by atoms with Gasteiger partial charge in [-0.05, 0) is 47.9 Å². The number of nitrogens with one attached hydrogen (secondary N) is 2. The summed E-state index contributed by atoms with van der Waals surface area (Å²) in [6.07, 6.45) is 5.90. The van der Waals surface area contributed by atoms with E-state index in [0.717, 1.165) is 24.5 Å². The first-order valence-corrected chi connectivity index (χ1v) is 7.81. The van der Waals surface area contributed by atoms with Crippen molar-refractivity contribution in [1.29, 1.82) is 0 Å². The zero-order chi connectivity index (χ0) is 16.5. The fourth-order valence-electron chi connectivity index (χ4n) is 2.26. The molecule has 0 saturated heterocycles. The van der Waals surface area contributed by atoms with Gasteiger partial charge in [-0.2, -0.15) is 0 Å². The maximum atomic E-state index is 3.71. The Morgan fingerprint density at radius 3 is 1.78 bits per heavy atom. The van der Waals surface area contributed by atoms with Crippen LogP contribution < -0.4 is 10.6 Å². The largest absolute Gasteiger partial charge is 0.382 e. The van der Waals surface area contributed by atoms with Crippen molar-refractivity contribution in [3.8, 4) is 0 Å². The molecule has 2 rings (SSSR count). The van der Waals surface area contributed by atoms with Crippen LogP contribution in [0.3, 0.4) is 0 Å². The summed E-state index contributed by atoms with van der Waals surface area (Å²) < 4.78 is 0. The third kappa shape index (κ3) is 5.19. The molecular weight excluding hydrogens is 280 g/mol. The van der Waals surface area contributed by atoms with Crippen LogP contribution in [0.2, 0.25) is 0 Å². The highest BCUT2D eigenvalue weighted by Gasteiger charge is 1.98. The van der Waals surface area contributed by atoms with Gasteiger partial charge in [0, 0.05) is 24.5 Å².